The topological polar surface area (TPSA) is 443 Å². The molecule has 78 heavy (non-hydrogen) atoms. The summed E-state index contributed by atoms with van der Waals surface area (Å²) < 4.78 is 5.91. The molecule has 8 N–H and O–H groups in total. The lowest BCUT2D eigenvalue weighted by Crippen LogP contribution is -2.54. The number of carboxylic acid groups (broad SMARTS) is 7. The quantitative estimate of drug-likeness (QED) is 0.0467. The smallest absolute Gasteiger partial charge is 0.114 e. The van der Waals surface area contributed by atoms with Gasteiger partial charge in [0.1, 0.15) is 51.4 Å². The van der Waals surface area contributed by atoms with Crippen LogP contribution in [0.5, 0.6) is 0 Å². The predicted molar refractivity (Wildman–Crippen MR) is 280 cm³/mol. The SMILES string of the molecule is CC(=O)[O-].CC(=O)[O-].C[N+](C)(C)CCO.C[N+](C)(C)CCO.C[N+](C)(C)CCO.C[N+](C)(C)CCO.C[N+](C)(C)CCO.C[N+](C)(C)CCO.C[N+](C)(C)CCO.O=C([O-])CC(O)(CC(=O)[O-])C(=O)[O-].O=C([O-])CCC(=O)[O-]. The fourth-order valence-corrected chi connectivity index (χ4v) is 2.99. The van der Waals surface area contributed by atoms with Crippen molar-refractivity contribution < 1.29 is 142 Å². The summed E-state index contributed by atoms with van der Waals surface area (Å²) in [5, 5.41) is 134. The molecule has 0 aromatic heterocycles. The minimum absolute atomic E-state index is 0.281. The summed E-state index contributed by atoms with van der Waals surface area (Å²) in [5.41, 5.74) is -2.97. The van der Waals surface area contributed by atoms with E-state index in [0.717, 1.165) is 91.0 Å². The van der Waals surface area contributed by atoms with Crippen LogP contribution in [0.4, 0.5) is 0 Å². The van der Waals surface area contributed by atoms with Crippen molar-refractivity contribution in [2.24, 2.45) is 0 Å². The van der Waals surface area contributed by atoms with Gasteiger partial charge < -0.3 is 142 Å². The number of rotatable bonds is 22. The molecule has 0 fully saturated rings. The van der Waals surface area contributed by atoms with Gasteiger partial charge in [0.2, 0.25) is 0 Å². The maximum atomic E-state index is 10.1. The Balaban J connectivity index is -0.0000000713. The summed E-state index contributed by atoms with van der Waals surface area (Å²) >= 11 is 0. The zero-order valence-electron chi connectivity index (χ0n) is 52.2. The molecule has 0 aliphatic rings. The summed E-state index contributed by atoms with van der Waals surface area (Å²) in [6.45, 7) is 9.75. The van der Waals surface area contributed by atoms with Gasteiger partial charge in [0.05, 0.1) is 200 Å². The fraction of sp³-hybridized carbons (Fsp3) is 0.857. The van der Waals surface area contributed by atoms with Crippen molar-refractivity contribution in [1.82, 2.24) is 0 Å². The molecule has 0 amide bonds. The van der Waals surface area contributed by atoms with Gasteiger partial charge in [0, 0.05) is 48.7 Å². The average molecular weight is 1150 g/mol. The molecular formula is C49H113N7O22. The number of carbonyl (C=O) groups excluding carboxylic acids is 7. The zero-order chi connectivity index (χ0) is 65.8. The summed E-state index contributed by atoms with van der Waals surface area (Å²) in [6.07, 6.45) is -3.66. The minimum Gasteiger partial charge on any atom is -0.550 e. The Bertz CT molecular complexity index is 1250. The van der Waals surface area contributed by atoms with Gasteiger partial charge >= 0.3 is 0 Å². The molecule has 476 valence electrons. The number of nitrogens with zero attached hydrogens (tertiary/aromatic N) is 7. The first kappa shape index (κ1) is 99.1. The van der Waals surface area contributed by atoms with Crippen molar-refractivity contribution in [3.63, 3.8) is 0 Å². The minimum atomic E-state index is -2.97. The first-order valence-corrected chi connectivity index (χ1v) is 24.3. The van der Waals surface area contributed by atoms with Crippen molar-refractivity contribution in [2.75, 3.05) is 240 Å². The van der Waals surface area contributed by atoms with Gasteiger partial charge in [-0.3, -0.25) is 0 Å². The monoisotopic (exact) mass is 1150 g/mol. The number of carbonyl (C=O) groups is 7. The van der Waals surface area contributed by atoms with Crippen molar-refractivity contribution in [3.05, 3.63) is 0 Å². The molecule has 0 saturated heterocycles. The molecule has 0 aromatic carbocycles. The lowest BCUT2D eigenvalue weighted by molar-refractivity contribution is -0.870. The van der Waals surface area contributed by atoms with Gasteiger partial charge in [0.25, 0.3) is 0 Å². The molecule has 0 rings (SSSR count). The maximum Gasteiger partial charge on any atom is 0.114 e. The lowest BCUT2D eigenvalue weighted by Gasteiger charge is -2.29. The van der Waals surface area contributed by atoms with E-state index in [4.69, 9.17) is 60.7 Å². The highest BCUT2D eigenvalue weighted by Crippen LogP contribution is 2.13. The lowest BCUT2D eigenvalue weighted by atomic mass is 9.96. The van der Waals surface area contributed by atoms with Crippen LogP contribution in [0.2, 0.25) is 0 Å². The van der Waals surface area contributed by atoms with E-state index < -0.39 is 73.1 Å². The number of quaternary nitrogens is 7. The number of carboxylic acids is 7. The molecule has 0 saturated carbocycles. The molecule has 29 heteroatoms. The van der Waals surface area contributed by atoms with Gasteiger partial charge in [-0.1, -0.05) is 0 Å². The third kappa shape index (κ3) is 179. The summed E-state index contributed by atoms with van der Waals surface area (Å²) in [4.78, 5) is 66.8. The van der Waals surface area contributed by atoms with Crippen LogP contribution in [0.25, 0.3) is 0 Å². The van der Waals surface area contributed by atoms with E-state index in [1.54, 1.807) is 0 Å². The van der Waals surface area contributed by atoms with E-state index in [9.17, 15) is 49.5 Å². The second-order valence-electron chi connectivity index (χ2n) is 23.8. The predicted octanol–water partition coefficient (Wildman–Crippen LogP) is -12.7. The van der Waals surface area contributed by atoms with Gasteiger partial charge in [0.15, 0.2) is 0 Å². The van der Waals surface area contributed by atoms with E-state index in [2.05, 4.69) is 148 Å². The highest BCUT2D eigenvalue weighted by molar-refractivity contribution is 5.86. The molecule has 29 nitrogen and oxygen atoms in total. The van der Waals surface area contributed by atoms with Gasteiger partial charge in [-0.05, 0) is 26.7 Å². The second kappa shape index (κ2) is 54.6. The number of aliphatic carboxylic acids is 7. The van der Waals surface area contributed by atoms with E-state index in [0.29, 0.717) is 0 Å². The number of likely N-dealkylation sites (N-methyl/N-ethyl adjacent to an activating group) is 7. The molecule has 0 bridgehead atoms. The van der Waals surface area contributed by atoms with Crippen molar-refractivity contribution in [3.8, 4) is 0 Å². The molecule has 0 heterocycles. The first-order valence-electron chi connectivity index (χ1n) is 24.3. The van der Waals surface area contributed by atoms with E-state index >= 15 is 0 Å². The van der Waals surface area contributed by atoms with E-state index in [-0.39, 0.29) is 46.2 Å². The molecule has 0 aliphatic heterocycles. The van der Waals surface area contributed by atoms with Crippen LogP contribution in [0.3, 0.4) is 0 Å². The maximum absolute atomic E-state index is 10.1. The molecule has 0 radical (unpaired) electrons. The standard InChI is InChI=1S/C6H8O7.7C5H14NO.C4H6O4.2C2H4O2/c7-3(8)1-6(13,5(11)12)2-4(9)10;7*1-6(2,3)4-5-7;5-3(6)1-2-4(7)8;2*1-2(3)4/h13H,1-2H2,(H,7,8)(H,9,10)(H,11,12);7*7H,4-5H2,1-3H3;1-2H2,(H,5,6)(H,7,8);2*1H3,(H,3,4)/q;7*+1;;;/p-7. The number of hydrogen-bond donors (Lipinski definition) is 8. The summed E-state index contributed by atoms with van der Waals surface area (Å²) in [6, 6.07) is 0. The van der Waals surface area contributed by atoms with Crippen LogP contribution in [-0.2, 0) is 33.6 Å². The normalized spacial score (nSPS) is 10.9. The Hall–Kier alpha value is -4.31. The fourth-order valence-electron chi connectivity index (χ4n) is 2.99. The van der Waals surface area contributed by atoms with Gasteiger partial charge in [-0.2, -0.15) is 0 Å². The van der Waals surface area contributed by atoms with Gasteiger partial charge in [-0.15, -0.1) is 0 Å². The Labute approximate surface area is 467 Å². The van der Waals surface area contributed by atoms with Crippen LogP contribution in [0, 0.1) is 0 Å². The first-order chi connectivity index (χ1) is 34.3. The van der Waals surface area contributed by atoms with Crippen LogP contribution in [-0.4, -0.2) is 360 Å². The van der Waals surface area contributed by atoms with Crippen LogP contribution < -0.4 is 35.7 Å². The van der Waals surface area contributed by atoms with E-state index in [1.807, 2.05) is 0 Å². The Morgan fingerprint density at radius 3 is 0.449 bits per heavy atom. The molecule has 0 aliphatic carbocycles. The van der Waals surface area contributed by atoms with E-state index in [1.165, 1.54) is 0 Å². The summed E-state index contributed by atoms with van der Waals surface area (Å²) in [7, 11) is 43.1. The molecule has 0 spiro atoms. The molecule has 0 aromatic rings. The Morgan fingerprint density at radius 2 is 0.410 bits per heavy atom. The highest BCUT2D eigenvalue weighted by atomic mass is 16.4. The number of hydrogen-bond acceptors (Lipinski definition) is 22. The number of aliphatic hydroxyl groups is 8. The van der Waals surface area contributed by atoms with Crippen LogP contribution >= 0.6 is 0 Å². The summed E-state index contributed by atoms with van der Waals surface area (Å²) in [5.74, 6) is -10.9. The Morgan fingerprint density at radius 1 is 0.295 bits per heavy atom. The van der Waals surface area contributed by atoms with Crippen molar-refractivity contribution in [1.29, 1.82) is 0 Å². The number of aliphatic hydroxyl groups excluding tert-OH is 7. The molecular weight excluding hydrogens is 1040 g/mol. The van der Waals surface area contributed by atoms with Crippen LogP contribution in [0.15, 0.2) is 0 Å². The zero-order valence-corrected chi connectivity index (χ0v) is 52.2. The van der Waals surface area contributed by atoms with Gasteiger partial charge in [-0.25, -0.2) is 0 Å². The van der Waals surface area contributed by atoms with Crippen molar-refractivity contribution in [2.45, 2.75) is 45.1 Å². The highest BCUT2D eigenvalue weighted by Gasteiger charge is 2.29. The molecule has 0 unspecified atom stereocenters. The van der Waals surface area contributed by atoms with Crippen molar-refractivity contribution >= 4 is 41.8 Å². The average Bonchev–Trinajstić information content (AvgIpc) is 3.11. The van der Waals surface area contributed by atoms with Crippen LogP contribution in [0.1, 0.15) is 39.5 Å². The largest absolute Gasteiger partial charge is 0.550 e. The Kier molecular flexibility index (Phi) is 69.4. The molecule has 0 atom stereocenters. The third-order valence-corrected chi connectivity index (χ3v) is 7.18. The second-order valence-corrected chi connectivity index (χ2v) is 23.8. The third-order valence-electron chi connectivity index (χ3n) is 7.18.